The molecule has 0 radical (unpaired) electrons. The van der Waals surface area contributed by atoms with Gasteiger partial charge in [-0.3, -0.25) is 0 Å². The van der Waals surface area contributed by atoms with Crippen molar-refractivity contribution in [2.24, 2.45) is 5.16 Å². The highest BCUT2D eigenvalue weighted by Crippen LogP contribution is 2.33. The van der Waals surface area contributed by atoms with Gasteiger partial charge >= 0.3 is 6.18 Å². The molecule has 0 bridgehead atoms. The summed E-state index contributed by atoms with van der Waals surface area (Å²) in [5.41, 5.74) is 0.902. The highest BCUT2D eigenvalue weighted by atomic mass is 19.4. The van der Waals surface area contributed by atoms with E-state index in [1.54, 1.807) is 43.3 Å². The second-order valence-electron chi connectivity index (χ2n) is 5.03. The van der Waals surface area contributed by atoms with Crippen LogP contribution in [-0.2, 0) is 11.0 Å². The van der Waals surface area contributed by atoms with E-state index in [1.165, 1.54) is 13.3 Å². The van der Waals surface area contributed by atoms with Gasteiger partial charge in [0.05, 0.1) is 17.5 Å². The molecule has 0 saturated heterocycles. The molecule has 0 N–H and O–H groups in total. The van der Waals surface area contributed by atoms with Gasteiger partial charge in [0.25, 0.3) is 0 Å². The lowest BCUT2D eigenvalue weighted by atomic mass is 10.1. The zero-order chi connectivity index (χ0) is 17.0. The van der Waals surface area contributed by atoms with E-state index in [0.717, 1.165) is 17.7 Å². The standard InChI is InChI=1S/C16H16F3N3O/c1-22(2)15-9-13(16(17,18)19)8-14(21-15)12-6-4-11(5-7-12)10-20-23-3/h4-10H,1-3H3. The number of oxime groups is 1. The van der Waals surface area contributed by atoms with E-state index in [-0.39, 0.29) is 11.5 Å². The first-order valence-corrected chi connectivity index (χ1v) is 6.75. The van der Waals surface area contributed by atoms with Gasteiger partial charge in [-0.05, 0) is 17.7 Å². The van der Waals surface area contributed by atoms with Gasteiger partial charge in [-0.1, -0.05) is 29.4 Å². The molecule has 23 heavy (non-hydrogen) atoms. The molecule has 4 nitrogen and oxygen atoms in total. The molecule has 2 rings (SSSR count). The molecule has 0 aliphatic rings. The summed E-state index contributed by atoms with van der Waals surface area (Å²) in [5.74, 6) is 0.250. The second kappa shape index (κ2) is 6.68. The van der Waals surface area contributed by atoms with Crippen LogP contribution >= 0.6 is 0 Å². The van der Waals surface area contributed by atoms with Crippen molar-refractivity contribution < 1.29 is 18.0 Å². The first-order valence-electron chi connectivity index (χ1n) is 6.75. The van der Waals surface area contributed by atoms with Gasteiger partial charge in [0.2, 0.25) is 0 Å². The van der Waals surface area contributed by atoms with Gasteiger partial charge in [0, 0.05) is 19.7 Å². The Balaban J connectivity index is 2.45. The minimum Gasteiger partial charge on any atom is -0.399 e. The third kappa shape index (κ3) is 4.21. The Labute approximate surface area is 132 Å². The number of anilines is 1. The Bertz CT molecular complexity index is 695. The largest absolute Gasteiger partial charge is 0.416 e. The first-order chi connectivity index (χ1) is 10.8. The maximum absolute atomic E-state index is 13.1. The fraction of sp³-hybridized carbons (Fsp3) is 0.250. The van der Waals surface area contributed by atoms with E-state index in [0.29, 0.717) is 5.56 Å². The van der Waals surface area contributed by atoms with Crippen molar-refractivity contribution in [1.82, 2.24) is 4.98 Å². The molecule has 0 atom stereocenters. The zero-order valence-electron chi connectivity index (χ0n) is 12.9. The maximum Gasteiger partial charge on any atom is 0.416 e. The smallest absolute Gasteiger partial charge is 0.399 e. The number of pyridine rings is 1. The molecule has 1 aromatic heterocycles. The maximum atomic E-state index is 13.1. The monoisotopic (exact) mass is 323 g/mol. The van der Waals surface area contributed by atoms with E-state index in [2.05, 4.69) is 15.0 Å². The van der Waals surface area contributed by atoms with E-state index < -0.39 is 11.7 Å². The van der Waals surface area contributed by atoms with Crippen LogP contribution in [0.1, 0.15) is 11.1 Å². The molecule has 7 heteroatoms. The number of alkyl halides is 3. The van der Waals surface area contributed by atoms with Crippen LogP contribution in [0.15, 0.2) is 41.6 Å². The zero-order valence-corrected chi connectivity index (χ0v) is 12.9. The summed E-state index contributed by atoms with van der Waals surface area (Å²) in [6, 6.07) is 8.93. The van der Waals surface area contributed by atoms with Crippen LogP contribution in [0.2, 0.25) is 0 Å². The number of halogens is 3. The number of rotatable bonds is 4. The second-order valence-corrected chi connectivity index (χ2v) is 5.03. The number of nitrogens with zero attached hydrogens (tertiary/aromatic N) is 3. The molecule has 1 aromatic carbocycles. The van der Waals surface area contributed by atoms with Gasteiger partial charge in [-0.2, -0.15) is 13.2 Å². The van der Waals surface area contributed by atoms with E-state index in [9.17, 15) is 13.2 Å². The van der Waals surface area contributed by atoms with Gasteiger partial charge in [0.15, 0.2) is 0 Å². The molecule has 0 fully saturated rings. The predicted molar refractivity (Wildman–Crippen MR) is 83.6 cm³/mol. The lowest BCUT2D eigenvalue weighted by Gasteiger charge is -2.16. The number of hydrogen-bond acceptors (Lipinski definition) is 4. The summed E-state index contributed by atoms with van der Waals surface area (Å²) < 4.78 is 39.2. The SMILES string of the molecule is CON=Cc1ccc(-c2cc(C(F)(F)F)cc(N(C)C)n2)cc1. The third-order valence-corrected chi connectivity index (χ3v) is 3.11. The lowest BCUT2D eigenvalue weighted by Crippen LogP contribution is -2.14. The van der Waals surface area contributed by atoms with Crippen LogP contribution in [0.5, 0.6) is 0 Å². The minimum atomic E-state index is -4.42. The molecule has 0 spiro atoms. The molecule has 0 aliphatic heterocycles. The van der Waals surface area contributed by atoms with Crippen molar-refractivity contribution in [1.29, 1.82) is 0 Å². The fourth-order valence-corrected chi connectivity index (χ4v) is 1.91. The molecule has 0 unspecified atom stereocenters. The summed E-state index contributed by atoms with van der Waals surface area (Å²) in [5, 5.41) is 3.63. The van der Waals surface area contributed by atoms with Crippen LogP contribution in [0.3, 0.4) is 0 Å². The summed E-state index contributed by atoms with van der Waals surface area (Å²) in [7, 11) is 4.73. The van der Waals surface area contributed by atoms with Crippen molar-refractivity contribution in [3.63, 3.8) is 0 Å². The highest BCUT2D eigenvalue weighted by molar-refractivity contribution is 5.80. The van der Waals surface area contributed by atoms with Crippen LogP contribution in [0.4, 0.5) is 19.0 Å². The Hall–Kier alpha value is -2.57. The van der Waals surface area contributed by atoms with Gasteiger partial charge < -0.3 is 9.74 Å². The van der Waals surface area contributed by atoms with Gasteiger partial charge in [0.1, 0.15) is 12.9 Å². The van der Waals surface area contributed by atoms with Crippen molar-refractivity contribution in [3.8, 4) is 11.3 Å². The van der Waals surface area contributed by atoms with E-state index in [1.807, 2.05) is 0 Å². The number of benzene rings is 1. The molecular formula is C16H16F3N3O. The molecule has 2 aromatic rings. The number of hydrogen-bond donors (Lipinski definition) is 0. The Morgan fingerprint density at radius 3 is 2.30 bits per heavy atom. The predicted octanol–water partition coefficient (Wildman–Crippen LogP) is 3.81. The summed E-state index contributed by atoms with van der Waals surface area (Å²) >= 11 is 0. The highest BCUT2D eigenvalue weighted by Gasteiger charge is 2.32. The topological polar surface area (TPSA) is 37.7 Å². The van der Waals surface area contributed by atoms with Crippen molar-refractivity contribution in [2.45, 2.75) is 6.18 Å². The van der Waals surface area contributed by atoms with Crippen molar-refractivity contribution in [3.05, 3.63) is 47.5 Å². The summed E-state index contributed by atoms with van der Waals surface area (Å²) in [6.07, 6.45) is -2.91. The van der Waals surface area contributed by atoms with E-state index >= 15 is 0 Å². The summed E-state index contributed by atoms with van der Waals surface area (Å²) in [4.78, 5) is 10.4. The molecule has 1 heterocycles. The molecule has 0 amide bonds. The molecular weight excluding hydrogens is 307 g/mol. The normalized spacial score (nSPS) is 11.7. The lowest BCUT2D eigenvalue weighted by molar-refractivity contribution is -0.137. The van der Waals surface area contributed by atoms with Crippen LogP contribution in [0, 0.1) is 0 Å². The Kier molecular flexibility index (Phi) is 4.88. The van der Waals surface area contributed by atoms with Crippen molar-refractivity contribution >= 4 is 12.0 Å². The Morgan fingerprint density at radius 2 is 1.78 bits per heavy atom. The number of aromatic nitrogens is 1. The van der Waals surface area contributed by atoms with Crippen molar-refractivity contribution in [2.75, 3.05) is 26.1 Å². The van der Waals surface area contributed by atoms with E-state index in [4.69, 9.17) is 0 Å². The minimum absolute atomic E-state index is 0.250. The first kappa shape index (κ1) is 16.8. The third-order valence-electron chi connectivity index (χ3n) is 3.11. The van der Waals surface area contributed by atoms with Crippen LogP contribution < -0.4 is 4.90 Å². The molecule has 0 saturated carbocycles. The molecule has 122 valence electrons. The average molecular weight is 323 g/mol. The van der Waals surface area contributed by atoms with Gasteiger partial charge in [-0.25, -0.2) is 4.98 Å². The quantitative estimate of drug-likeness (QED) is 0.634. The average Bonchev–Trinajstić information content (AvgIpc) is 2.52. The Morgan fingerprint density at radius 1 is 1.13 bits per heavy atom. The summed E-state index contributed by atoms with van der Waals surface area (Å²) in [6.45, 7) is 0. The fourth-order valence-electron chi connectivity index (χ4n) is 1.91. The van der Waals surface area contributed by atoms with Crippen LogP contribution in [0.25, 0.3) is 11.3 Å². The van der Waals surface area contributed by atoms with Gasteiger partial charge in [-0.15, -0.1) is 0 Å². The van der Waals surface area contributed by atoms with Crippen LogP contribution in [-0.4, -0.2) is 32.4 Å². The molecule has 0 aliphatic carbocycles.